The Bertz CT molecular complexity index is 1100. The van der Waals surface area contributed by atoms with Gasteiger partial charge >= 0.3 is 0 Å². The van der Waals surface area contributed by atoms with Crippen molar-refractivity contribution in [3.63, 3.8) is 0 Å². The van der Waals surface area contributed by atoms with Crippen LogP contribution in [0.25, 0.3) is 22.2 Å². The second-order valence-corrected chi connectivity index (χ2v) is 9.25. The van der Waals surface area contributed by atoms with E-state index in [9.17, 15) is 8.42 Å². The third-order valence-electron chi connectivity index (χ3n) is 5.21. The van der Waals surface area contributed by atoms with Crippen molar-refractivity contribution in [3.05, 3.63) is 36.2 Å². The molecule has 0 radical (unpaired) electrons. The van der Waals surface area contributed by atoms with Crippen molar-refractivity contribution < 1.29 is 8.42 Å². The van der Waals surface area contributed by atoms with Crippen LogP contribution in [0, 0.1) is 0 Å². The van der Waals surface area contributed by atoms with Crippen LogP contribution in [0.3, 0.4) is 0 Å². The number of nitrogens with one attached hydrogen (secondary N) is 3. The van der Waals surface area contributed by atoms with Crippen LogP contribution in [-0.4, -0.2) is 48.8 Å². The average Bonchev–Trinajstić information content (AvgIpc) is 3.12. The molecule has 1 aliphatic heterocycles. The first kappa shape index (κ1) is 18.9. The van der Waals surface area contributed by atoms with E-state index in [2.05, 4.69) is 27.5 Å². The molecule has 3 heterocycles. The number of para-hydroxylation sites is 1. The predicted octanol–water partition coefficient (Wildman–Crippen LogP) is 2.75. The highest BCUT2D eigenvalue weighted by Gasteiger charge is 2.19. The number of fused-ring (bicyclic) bond motifs is 1. The summed E-state index contributed by atoms with van der Waals surface area (Å²) in [5.74, 6) is 0.606. The molecule has 8 heteroatoms. The molecule has 3 aromatic rings. The molecule has 0 saturated carbocycles. The molecule has 0 amide bonds. The van der Waals surface area contributed by atoms with E-state index in [1.54, 1.807) is 12.1 Å². The van der Waals surface area contributed by atoms with Gasteiger partial charge in [-0.3, -0.25) is 0 Å². The lowest BCUT2D eigenvalue weighted by molar-refractivity contribution is 0.478. The molecule has 1 atom stereocenters. The second-order valence-electron chi connectivity index (χ2n) is 7.26. The summed E-state index contributed by atoms with van der Waals surface area (Å²) in [7, 11) is -3.32. The lowest BCUT2D eigenvalue weighted by Gasteiger charge is -2.24. The molecule has 0 bridgehead atoms. The van der Waals surface area contributed by atoms with Crippen LogP contribution in [-0.2, 0) is 16.3 Å². The van der Waals surface area contributed by atoms with Crippen LogP contribution < -0.4 is 10.6 Å². The van der Waals surface area contributed by atoms with Gasteiger partial charge in [0.15, 0.2) is 9.84 Å². The van der Waals surface area contributed by atoms with Gasteiger partial charge in [0.05, 0.1) is 16.1 Å². The molecular weight excluding hydrogens is 374 g/mol. The number of piperidine rings is 1. The summed E-state index contributed by atoms with van der Waals surface area (Å²) in [6, 6.07) is 5.64. The lowest BCUT2D eigenvalue weighted by Crippen LogP contribution is -2.38. The number of H-pyrrole nitrogens is 1. The minimum Gasteiger partial charge on any atom is -0.359 e. The largest absolute Gasteiger partial charge is 0.359 e. The average molecular weight is 400 g/mol. The number of aryl methyl sites for hydroxylation is 1. The zero-order chi connectivity index (χ0) is 19.7. The number of benzene rings is 1. The molecule has 2 aromatic heterocycles. The zero-order valence-corrected chi connectivity index (χ0v) is 16.9. The number of hydrogen-bond donors (Lipinski definition) is 3. The second kappa shape index (κ2) is 7.52. The first-order valence-corrected chi connectivity index (χ1v) is 11.5. The van der Waals surface area contributed by atoms with Crippen LogP contribution >= 0.6 is 0 Å². The topological polar surface area (TPSA) is 99.8 Å². The molecule has 0 unspecified atom stereocenters. The minimum atomic E-state index is -3.32. The van der Waals surface area contributed by atoms with E-state index >= 15 is 0 Å². The number of aromatic amines is 1. The summed E-state index contributed by atoms with van der Waals surface area (Å²) in [5.41, 5.74) is 3.37. The molecule has 4 rings (SSSR count). The van der Waals surface area contributed by atoms with Crippen molar-refractivity contribution in [2.45, 2.75) is 37.1 Å². The van der Waals surface area contributed by atoms with Crippen molar-refractivity contribution in [3.8, 4) is 11.3 Å². The molecule has 1 aliphatic rings. The first-order valence-electron chi connectivity index (χ1n) is 9.61. The fourth-order valence-electron chi connectivity index (χ4n) is 3.76. The van der Waals surface area contributed by atoms with E-state index in [4.69, 9.17) is 4.98 Å². The first-order chi connectivity index (χ1) is 13.5. The maximum absolute atomic E-state index is 12.1. The van der Waals surface area contributed by atoms with E-state index < -0.39 is 9.84 Å². The lowest BCUT2D eigenvalue weighted by atomic mass is 10.0. The Labute approximate surface area is 164 Å². The summed E-state index contributed by atoms with van der Waals surface area (Å²) < 4.78 is 24.3. The van der Waals surface area contributed by atoms with Crippen molar-refractivity contribution in [2.75, 3.05) is 24.7 Å². The van der Waals surface area contributed by atoms with Gasteiger partial charge in [-0.15, -0.1) is 0 Å². The Hall–Kier alpha value is -2.45. The maximum atomic E-state index is 12.1. The predicted molar refractivity (Wildman–Crippen MR) is 111 cm³/mol. The number of nitrogens with zero attached hydrogens (tertiary/aromatic N) is 2. The summed E-state index contributed by atoms with van der Waals surface area (Å²) in [5, 5.41) is 7.66. The van der Waals surface area contributed by atoms with Gasteiger partial charge in [0, 0.05) is 42.2 Å². The number of aromatic nitrogens is 3. The third-order valence-corrected chi connectivity index (χ3v) is 6.35. The minimum absolute atomic E-state index is 0.301. The molecular formula is C20H25N5O2S. The van der Waals surface area contributed by atoms with Gasteiger partial charge in [-0.05, 0) is 37.4 Å². The molecule has 0 aliphatic carbocycles. The summed E-state index contributed by atoms with van der Waals surface area (Å²) in [4.78, 5) is 12.7. The van der Waals surface area contributed by atoms with Crippen LogP contribution in [0.4, 0.5) is 5.95 Å². The van der Waals surface area contributed by atoms with E-state index in [-0.39, 0.29) is 0 Å². The van der Waals surface area contributed by atoms with Crippen LogP contribution in [0.5, 0.6) is 0 Å². The molecule has 1 aromatic carbocycles. The maximum Gasteiger partial charge on any atom is 0.223 e. The molecule has 28 heavy (non-hydrogen) atoms. The Morgan fingerprint density at radius 2 is 2.18 bits per heavy atom. The third kappa shape index (κ3) is 3.62. The molecule has 148 valence electrons. The van der Waals surface area contributed by atoms with Gasteiger partial charge in [0.2, 0.25) is 5.95 Å². The molecule has 0 spiro atoms. The Morgan fingerprint density at radius 1 is 1.32 bits per heavy atom. The summed E-state index contributed by atoms with van der Waals surface area (Å²) in [6.45, 7) is 4.02. The van der Waals surface area contributed by atoms with E-state index in [1.807, 2.05) is 18.5 Å². The van der Waals surface area contributed by atoms with Crippen molar-refractivity contribution in [1.29, 1.82) is 0 Å². The Balaban J connectivity index is 1.78. The zero-order valence-electron chi connectivity index (χ0n) is 16.1. The molecule has 7 nitrogen and oxygen atoms in total. The molecule has 3 N–H and O–H groups in total. The highest BCUT2D eigenvalue weighted by molar-refractivity contribution is 7.91. The van der Waals surface area contributed by atoms with Gasteiger partial charge in [-0.1, -0.05) is 19.1 Å². The highest BCUT2D eigenvalue weighted by atomic mass is 32.2. The highest BCUT2D eigenvalue weighted by Crippen LogP contribution is 2.33. The van der Waals surface area contributed by atoms with Crippen molar-refractivity contribution in [2.24, 2.45) is 0 Å². The van der Waals surface area contributed by atoms with Crippen molar-refractivity contribution >= 4 is 26.7 Å². The number of anilines is 1. The van der Waals surface area contributed by atoms with Crippen LogP contribution in [0.15, 0.2) is 35.5 Å². The van der Waals surface area contributed by atoms with Crippen LogP contribution in [0.1, 0.15) is 25.3 Å². The van der Waals surface area contributed by atoms with Gasteiger partial charge in [0.1, 0.15) is 0 Å². The van der Waals surface area contributed by atoms with E-state index in [0.717, 1.165) is 54.6 Å². The van der Waals surface area contributed by atoms with Gasteiger partial charge < -0.3 is 15.6 Å². The summed E-state index contributed by atoms with van der Waals surface area (Å²) in [6.07, 6.45) is 7.94. The normalized spacial score (nSPS) is 17.7. The number of hydrogen-bond acceptors (Lipinski definition) is 6. The fourth-order valence-corrected chi connectivity index (χ4v) is 4.62. The number of sulfone groups is 1. The smallest absolute Gasteiger partial charge is 0.223 e. The van der Waals surface area contributed by atoms with Crippen molar-refractivity contribution in [1.82, 2.24) is 20.3 Å². The molecule has 1 fully saturated rings. The SMILES string of the molecule is CCc1cnc(N[C@H]2CCCNC2)nc1-c1c[nH]c2c(S(C)(=O)=O)cccc12. The number of rotatable bonds is 5. The Kier molecular flexibility index (Phi) is 5.07. The van der Waals surface area contributed by atoms with Gasteiger partial charge in [0.25, 0.3) is 0 Å². The summed E-state index contributed by atoms with van der Waals surface area (Å²) >= 11 is 0. The van der Waals surface area contributed by atoms with Gasteiger partial charge in [-0.2, -0.15) is 0 Å². The van der Waals surface area contributed by atoms with Crippen LogP contribution in [0.2, 0.25) is 0 Å². The fraction of sp³-hybridized carbons (Fsp3) is 0.400. The molecule has 1 saturated heterocycles. The Morgan fingerprint density at radius 3 is 2.89 bits per heavy atom. The van der Waals surface area contributed by atoms with Gasteiger partial charge in [-0.25, -0.2) is 18.4 Å². The standard InChI is InChI=1S/C20H25N5O2S/c1-3-13-10-23-20(24-14-6-5-9-21-11-14)25-18(13)16-12-22-19-15(16)7-4-8-17(19)28(2,26)27/h4,7-8,10,12,14,21-22H,3,5-6,9,11H2,1-2H3,(H,23,24,25)/t14-/m0/s1. The monoisotopic (exact) mass is 399 g/mol. The van der Waals surface area contributed by atoms with E-state index in [0.29, 0.717) is 22.4 Å². The van der Waals surface area contributed by atoms with E-state index in [1.165, 1.54) is 6.26 Å². The quantitative estimate of drug-likeness (QED) is 0.610.